The van der Waals surface area contributed by atoms with Gasteiger partial charge in [-0.15, -0.1) is 0 Å². The molecule has 0 saturated heterocycles. The average Bonchev–Trinajstić information content (AvgIpc) is 2.83. The van der Waals surface area contributed by atoms with E-state index < -0.39 is 31.9 Å². The zero-order valence-electron chi connectivity index (χ0n) is 19.8. The minimum absolute atomic E-state index is 0.0110. The number of hydrogen-bond donors (Lipinski definition) is 4. The Morgan fingerprint density at radius 3 is 1.95 bits per heavy atom. The number of nitrogens with one attached hydrogen (secondary N) is 2. The number of nitrogens with two attached hydrogens (primary N) is 2. The van der Waals surface area contributed by atoms with E-state index in [9.17, 15) is 26.4 Å². The first-order chi connectivity index (χ1) is 17.3. The molecule has 1 heterocycles. The third-order valence-corrected chi connectivity index (χ3v) is 7.04. The molecule has 0 atom stereocenters. The molecule has 0 unspecified atom stereocenters. The summed E-state index contributed by atoms with van der Waals surface area (Å²) in [5.41, 5.74) is 1.57. The molecular formula is C23H26N6O6S2. The maximum atomic E-state index is 12.8. The third-order valence-electron chi connectivity index (χ3n) is 5.20. The summed E-state index contributed by atoms with van der Waals surface area (Å²) in [5.74, 6) is -1.21. The van der Waals surface area contributed by atoms with E-state index in [-0.39, 0.29) is 34.3 Å². The lowest BCUT2D eigenvalue weighted by atomic mass is 10.1. The topological polar surface area (TPSA) is 204 Å². The van der Waals surface area contributed by atoms with Crippen molar-refractivity contribution < 1.29 is 26.4 Å². The summed E-state index contributed by atoms with van der Waals surface area (Å²) in [6.07, 6.45) is 2.09. The van der Waals surface area contributed by atoms with Gasteiger partial charge in [0, 0.05) is 19.3 Å². The number of hydrogen-bond acceptors (Lipinski definition) is 8. The van der Waals surface area contributed by atoms with E-state index in [1.54, 1.807) is 31.2 Å². The summed E-state index contributed by atoms with van der Waals surface area (Å²) in [6, 6.07) is 12.0. The Bertz CT molecular complexity index is 1520. The number of carbonyl (C=O) groups excluding carboxylic acids is 2. The number of primary sulfonamides is 2. The molecule has 0 aliphatic heterocycles. The van der Waals surface area contributed by atoms with Gasteiger partial charge in [0.1, 0.15) is 0 Å². The molecular weight excluding hydrogens is 520 g/mol. The lowest BCUT2D eigenvalue weighted by Crippen LogP contribution is -2.33. The van der Waals surface area contributed by atoms with E-state index in [1.807, 2.05) is 0 Å². The van der Waals surface area contributed by atoms with Gasteiger partial charge < -0.3 is 10.6 Å². The number of aromatic nitrogens is 2. The van der Waals surface area contributed by atoms with Crippen LogP contribution in [0.1, 0.15) is 37.8 Å². The maximum Gasteiger partial charge on any atom is 0.272 e. The third kappa shape index (κ3) is 7.88. The molecule has 0 spiro atoms. The van der Waals surface area contributed by atoms with Crippen LogP contribution in [0.3, 0.4) is 0 Å². The highest BCUT2D eigenvalue weighted by Crippen LogP contribution is 2.11. The van der Waals surface area contributed by atoms with E-state index in [4.69, 9.17) is 10.3 Å². The van der Waals surface area contributed by atoms with Crippen LogP contribution in [0, 0.1) is 6.92 Å². The second kappa shape index (κ2) is 11.6. The number of carbonyl (C=O) groups is 2. The van der Waals surface area contributed by atoms with Gasteiger partial charge in [0.2, 0.25) is 20.0 Å². The summed E-state index contributed by atoms with van der Waals surface area (Å²) in [5, 5.41) is 15.6. The Kier molecular flexibility index (Phi) is 8.70. The zero-order chi connectivity index (χ0) is 27.2. The van der Waals surface area contributed by atoms with Crippen LogP contribution in [-0.2, 0) is 32.9 Å². The molecule has 196 valence electrons. The minimum atomic E-state index is -3.84. The summed E-state index contributed by atoms with van der Waals surface area (Å²) >= 11 is 0. The number of amides is 2. The van der Waals surface area contributed by atoms with Crippen molar-refractivity contribution in [1.82, 2.24) is 20.6 Å². The van der Waals surface area contributed by atoms with Crippen molar-refractivity contribution in [3.8, 4) is 0 Å². The summed E-state index contributed by atoms with van der Waals surface area (Å²) in [4.78, 5) is 33.7. The number of nitrogens with zero attached hydrogens (tertiary/aromatic N) is 2. The van der Waals surface area contributed by atoms with Gasteiger partial charge in [-0.2, -0.15) is 0 Å². The van der Waals surface area contributed by atoms with Crippen molar-refractivity contribution in [2.24, 2.45) is 10.3 Å². The molecule has 0 bridgehead atoms. The molecule has 0 radical (unpaired) electrons. The average molecular weight is 547 g/mol. The van der Waals surface area contributed by atoms with E-state index in [1.165, 1.54) is 30.5 Å². The second-order valence-corrected chi connectivity index (χ2v) is 11.2. The molecule has 3 rings (SSSR count). The van der Waals surface area contributed by atoms with E-state index in [0.29, 0.717) is 24.1 Å². The van der Waals surface area contributed by atoms with Crippen molar-refractivity contribution >= 4 is 31.9 Å². The standard InChI is InChI=1S/C23H26N6O6S2/c1-15-14-28-20(22(30)26-12-10-17-3-2-4-19(13-17)37(25,34)35)21(29-15)23(31)27-11-9-16-5-7-18(8-6-16)36(24,32)33/h2-8,13-14H,9-12H2,1H3,(H,26,30)(H,27,31)(H2,24,32,33)(H2,25,34,35). The summed E-state index contributed by atoms with van der Waals surface area (Å²) in [7, 11) is -7.63. The molecule has 3 aromatic rings. The normalized spacial score (nSPS) is 11.6. The largest absolute Gasteiger partial charge is 0.350 e. The molecule has 2 amide bonds. The van der Waals surface area contributed by atoms with E-state index in [0.717, 1.165) is 5.56 Å². The second-order valence-electron chi connectivity index (χ2n) is 8.10. The maximum absolute atomic E-state index is 12.8. The van der Waals surface area contributed by atoms with Gasteiger partial charge in [-0.1, -0.05) is 24.3 Å². The predicted molar refractivity (Wildman–Crippen MR) is 134 cm³/mol. The number of aryl methyl sites for hydroxylation is 1. The van der Waals surface area contributed by atoms with Crippen LogP contribution in [0.4, 0.5) is 0 Å². The summed E-state index contributed by atoms with van der Waals surface area (Å²) < 4.78 is 45.7. The highest BCUT2D eigenvalue weighted by Gasteiger charge is 2.21. The van der Waals surface area contributed by atoms with Gasteiger partial charge >= 0.3 is 0 Å². The Balaban J connectivity index is 1.61. The molecule has 37 heavy (non-hydrogen) atoms. The van der Waals surface area contributed by atoms with Crippen LogP contribution >= 0.6 is 0 Å². The van der Waals surface area contributed by atoms with Crippen LogP contribution in [0.15, 0.2) is 64.5 Å². The Morgan fingerprint density at radius 1 is 0.784 bits per heavy atom. The fourth-order valence-electron chi connectivity index (χ4n) is 3.33. The molecule has 0 fully saturated rings. The Hall–Kier alpha value is -3.72. The SMILES string of the molecule is Cc1cnc(C(=O)NCCc2cccc(S(N)(=O)=O)c2)c(C(=O)NCCc2ccc(S(N)(=O)=O)cc2)n1. The molecule has 0 aliphatic rings. The molecule has 0 saturated carbocycles. The highest BCUT2D eigenvalue weighted by molar-refractivity contribution is 7.89. The van der Waals surface area contributed by atoms with Gasteiger partial charge in [0.05, 0.1) is 15.5 Å². The van der Waals surface area contributed by atoms with Gasteiger partial charge in [0.25, 0.3) is 11.8 Å². The fraction of sp³-hybridized carbons (Fsp3) is 0.217. The van der Waals surface area contributed by atoms with Crippen LogP contribution in [0.25, 0.3) is 0 Å². The van der Waals surface area contributed by atoms with E-state index >= 15 is 0 Å². The summed E-state index contributed by atoms with van der Waals surface area (Å²) in [6.45, 7) is 1.99. The first-order valence-corrected chi connectivity index (χ1v) is 14.1. The van der Waals surface area contributed by atoms with Crippen LogP contribution < -0.4 is 20.9 Å². The predicted octanol–water partition coefficient (Wildman–Crippen LogP) is 0.0248. The van der Waals surface area contributed by atoms with Crippen LogP contribution in [0.5, 0.6) is 0 Å². The first kappa shape index (κ1) is 27.9. The van der Waals surface area contributed by atoms with Crippen LogP contribution in [0.2, 0.25) is 0 Å². The van der Waals surface area contributed by atoms with Crippen molar-refractivity contribution in [1.29, 1.82) is 0 Å². The number of benzene rings is 2. The van der Waals surface area contributed by atoms with Gasteiger partial charge in [-0.3, -0.25) is 9.59 Å². The lowest BCUT2D eigenvalue weighted by Gasteiger charge is -2.11. The smallest absolute Gasteiger partial charge is 0.272 e. The Labute approximate surface area is 214 Å². The van der Waals surface area contributed by atoms with Crippen molar-refractivity contribution in [2.75, 3.05) is 13.1 Å². The molecule has 2 aromatic carbocycles. The number of sulfonamides is 2. The quantitative estimate of drug-likeness (QED) is 0.272. The Morgan fingerprint density at radius 2 is 1.35 bits per heavy atom. The van der Waals surface area contributed by atoms with E-state index in [2.05, 4.69) is 20.6 Å². The fourth-order valence-corrected chi connectivity index (χ4v) is 4.43. The first-order valence-electron chi connectivity index (χ1n) is 11.0. The van der Waals surface area contributed by atoms with Gasteiger partial charge in [-0.05, 0) is 55.2 Å². The minimum Gasteiger partial charge on any atom is -0.350 e. The zero-order valence-corrected chi connectivity index (χ0v) is 21.5. The molecule has 12 nitrogen and oxygen atoms in total. The van der Waals surface area contributed by atoms with Gasteiger partial charge in [-0.25, -0.2) is 37.1 Å². The highest BCUT2D eigenvalue weighted by atomic mass is 32.2. The lowest BCUT2D eigenvalue weighted by molar-refractivity contribution is 0.0911. The monoisotopic (exact) mass is 546 g/mol. The molecule has 0 aliphatic carbocycles. The molecule has 1 aromatic heterocycles. The van der Waals surface area contributed by atoms with Crippen molar-refractivity contribution in [2.45, 2.75) is 29.6 Å². The molecule has 14 heteroatoms. The van der Waals surface area contributed by atoms with Crippen molar-refractivity contribution in [3.05, 3.63) is 82.9 Å². The van der Waals surface area contributed by atoms with Gasteiger partial charge in [0.15, 0.2) is 11.4 Å². The number of rotatable bonds is 10. The van der Waals surface area contributed by atoms with Crippen LogP contribution in [-0.4, -0.2) is 51.7 Å². The molecule has 6 N–H and O–H groups in total. The van der Waals surface area contributed by atoms with Crippen molar-refractivity contribution in [3.63, 3.8) is 0 Å².